The molecule has 0 amide bonds. The normalized spacial score (nSPS) is 10.6. The number of hydrogen-bond donors (Lipinski definition) is 1. The lowest BCUT2D eigenvalue weighted by molar-refractivity contribution is 0.311. The largest absolute Gasteiger partial charge is 0.493 e. The van der Waals surface area contributed by atoms with E-state index in [1.165, 1.54) is 16.7 Å². The van der Waals surface area contributed by atoms with Crippen LogP contribution in [0.3, 0.4) is 0 Å². The monoisotopic (exact) mass is 235 g/mol. The molecule has 1 N–H and O–H groups in total. The van der Waals surface area contributed by atoms with Crippen molar-refractivity contribution in [1.82, 2.24) is 5.32 Å². The van der Waals surface area contributed by atoms with Gasteiger partial charge in [0.15, 0.2) is 0 Å². The lowest BCUT2D eigenvalue weighted by Gasteiger charge is -2.16. The number of nitrogens with one attached hydrogen (secondary N) is 1. The van der Waals surface area contributed by atoms with Crippen molar-refractivity contribution in [2.75, 3.05) is 13.2 Å². The third kappa shape index (κ3) is 4.04. The molecule has 96 valence electrons. The SMILES string of the molecule is CCCNCc1ccc(C)c(C)c1OCCC. The summed E-state index contributed by atoms with van der Waals surface area (Å²) in [6, 6.07) is 4.35. The van der Waals surface area contributed by atoms with Gasteiger partial charge in [-0.1, -0.05) is 26.0 Å². The molecule has 1 aromatic rings. The fourth-order valence-electron chi connectivity index (χ4n) is 1.79. The smallest absolute Gasteiger partial charge is 0.126 e. The van der Waals surface area contributed by atoms with E-state index in [2.05, 4.69) is 45.1 Å². The first-order valence-electron chi connectivity index (χ1n) is 6.63. The average molecular weight is 235 g/mol. The predicted octanol–water partition coefficient (Wildman–Crippen LogP) is 3.59. The molecule has 1 rings (SSSR count). The van der Waals surface area contributed by atoms with Gasteiger partial charge < -0.3 is 10.1 Å². The molecule has 0 aliphatic rings. The minimum absolute atomic E-state index is 0.797. The Kier molecular flexibility index (Phi) is 6.06. The zero-order valence-electron chi connectivity index (χ0n) is 11.6. The summed E-state index contributed by atoms with van der Waals surface area (Å²) in [5, 5.41) is 3.43. The van der Waals surface area contributed by atoms with Crippen LogP contribution in [0.4, 0.5) is 0 Å². The summed E-state index contributed by atoms with van der Waals surface area (Å²) in [5.41, 5.74) is 3.85. The maximum absolute atomic E-state index is 5.89. The number of benzene rings is 1. The molecule has 0 saturated heterocycles. The zero-order chi connectivity index (χ0) is 12.7. The second-order valence-corrected chi connectivity index (χ2v) is 4.52. The molecule has 0 radical (unpaired) electrons. The molecule has 0 aromatic heterocycles. The Bertz CT molecular complexity index is 347. The quantitative estimate of drug-likeness (QED) is 0.729. The molecule has 0 fully saturated rings. The van der Waals surface area contributed by atoms with E-state index in [0.717, 1.165) is 38.3 Å². The molecule has 0 aliphatic carbocycles. The van der Waals surface area contributed by atoms with Crippen LogP contribution in [0.5, 0.6) is 5.75 Å². The van der Waals surface area contributed by atoms with Gasteiger partial charge in [0, 0.05) is 12.1 Å². The molecular formula is C15H25NO. The minimum atomic E-state index is 0.797. The van der Waals surface area contributed by atoms with Crippen molar-refractivity contribution in [3.05, 3.63) is 28.8 Å². The summed E-state index contributed by atoms with van der Waals surface area (Å²) < 4.78 is 5.89. The maximum atomic E-state index is 5.89. The molecular weight excluding hydrogens is 210 g/mol. The summed E-state index contributed by atoms with van der Waals surface area (Å²) in [7, 11) is 0. The van der Waals surface area contributed by atoms with Gasteiger partial charge in [0.1, 0.15) is 5.75 Å². The maximum Gasteiger partial charge on any atom is 0.126 e. The molecule has 0 unspecified atom stereocenters. The van der Waals surface area contributed by atoms with Crippen LogP contribution in [-0.2, 0) is 6.54 Å². The van der Waals surface area contributed by atoms with Crippen molar-refractivity contribution < 1.29 is 4.74 Å². The minimum Gasteiger partial charge on any atom is -0.493 e. The predicted molar refractivity (Wildman–Crippen MR) is 73.7 cm³/mol. The van der Waals surface area contributed by atoms with E-state index in [0.29, 0.717) is 0 Å². The molecule has 1 aromatic carbocycles. The van der Waals surface area contributed by atoms with Gasteiger partial charge in [-0.15, -0.1) is 0 Å². The third-order valence-corrected chi connectivity index (χ3v) is 2.95. The lowest BCUT2D eigenvalue weighted by atomic mass is 10.0. The first-order valence-corrected chi connectivity index (χ1v) is 6.63. The summed E-state index contributed by atoms with van der Waals surface area (Å²) in [6.45, 7) is 11.3. The topological polar surface area (TPSA) is 21.3 Å². The number of ether oxygens (including phenoxy) is 1. The fraction of sp³-hybridized carbons (Fsp3) is 0.600. The van der Waals surface area contributed by atoms with Crippen LogP contribution in [0.2, 0.25) is 0 Å². The van der Waals surface area contributed by atoms with Gasteiger partial charge in [0.2, 0.25) is 0 Å². The van der Waals surface area contributed by atoms with Gasteiger partial charge in [-0.2, -0.15) is 0 Å². The van der Waals surface area contributed by atoms with Gasteiger partial charge in [-0.05, 0) is 44.4 Å². The van der Waals surface area contributed by atoms with Crippen molar-refractivity contribution in [2.24, 2.45) is 0 Å². The first-order chi connectivity index (χ1) is 8.20. The second kappa shape index (κ2) is 7.33. The van der Waals surface area contributed by atoms with E-state index in [9.17, 15) is 0 Å². The van der Waals surface area contributed by atoms with E-state index in [1.54, 1.807) is 0 Å². The third-order valence-electron chi connectivity index (χ3n) is 2.95. The zero-order valence-corrected chi connectivity index (χ0v) is 11.6. The van der Waals surface area contributed by atoms with Crippen LogP contribution in [0, 0.1) is 13.8 Å². The number of aryl methyl sites for hydroxylation is 1. The van der Waals surface area contributed by atoms with Crippen molar-refractivity contribution >= 4 is 0 Å². The first kappa shape index (κ1) is 14.0. The van der Waals surface area contributed by atoms with Crippen molar-refractivity contribution in [3.63, 3.8) is 0 Å². The molecule has 0 heterocycles. The molecule has 17 heavy (non-hydrogen) atoms. The Morgan fingerprint density at radius 1 is 1.12 bits per heavy atom. The standard InChI is InChI=1S/C15H25NO/c1-5-9-16-11-14-8-7-12(3)13(4)15(14)17-10-6-2/h7-8,16H,5-6,9-11H2,1-4H3. The molecule has 0 atom stereocenters. The van der Waals surface area contributed by atoms with Crippen LogP contribution in [0.15, 0.2) is 12.1 Å². The highest BCUT2D eigenvalue weighted by Gasteiger charge is 2.08. The number of hydrogen-bond acceptors (Lipinski definition) is 2. The highest BCUT2D eigenvalue weighted by Crippen LogP contribution is 2.26. The molecule has 0 bridgehead atoms. The lowest BCUT2D eigenvalue weighted by Crippen LogP contribution is -2.15. The second-order valence-electron chi connectivity index (χ2n) is 4.52. The van der Waals surface area contributed by atoms with Crippen LogP contribution < -0.4 is 10.1 Å². The van der Waals surface area contributed by atoms with Crippen molar-refractivity contribution in [3.8, 4) is 5.75 Å². The van der Waals surface area contributed by atoms with Gasteiger partial charge in [0.05, 0.1) is 6.61 Å². The Morgan fingerprint density at radius 3 is 2.53 bits per heavy atom. The van der Waals surface area contributed by atoms with Gasteiger partial charge in [-0.25, -0.2) is 0 Å². The Morgan fingerprint density at radius 2 is 1.88 bits per heavy atom. The highest BCUT2D eigenvalue weighted by atomic mass is 16.5. The summed E-state index contributed by atoms with van der Waals surface area (Å²) in [5.74, 6) is 1.08. The van der Waals surface area contributed by atoms with Crippen LogP contribution in [0.1, 0.15) is 43.4 Å². The summed E-state index contributed by atoms with van der Waals surface area (Å²) in [4.78, 5) is 0. The van der Waals surface area contributed by atoms with Crippen LogP contribution >= 0.6 is 0 Å². The molecule has 2 nitrogen and oxygen atoms in total. The number of rotatable bonds is 7. The van der Waals surface area contributed by atoms with E-state index in [1.807, 2.05) is 0 Å². The van der Waals surface area contributed by atoms with E-state index in [4.69, 9.17) is 4.74 Å². The van der Waals surface area contributed by atoms with Crippen LogP contribution in [0.25, 0.3) is 0 Å². The highest BCUT2D eigenvalue weighted by molar-refractivity contribution is 5.45. The van der Waals surface area contributed by atoms with Crippen molar-refractivity contribution in [1.29, 1.82) is 0 Å². The van der Waals surface area contributed by atoms with Crippen LogP contribution in [-0.4, -0.2) is 13.2 Å². The molecule has 0 aliphatic heterocycles. The fourth-order valence-corrected chi connectivity index (χ4v) is 1.79. The van der Waals surface area contributed by atoms with E-state index >= 15 is 0 Å². The van der Waals surface area contributed by atoms with Gasteiger partial charge in [-0.3, -0.25) is 0 Å². The molecule has 0 saturated carbocycles. The van der Waals surface area contributed by atoms with Crippen molar-refractivity contribution in [2.45, 2.75) is 47.1 Å². The molecule has 0 spiro atoms. The Hall–Kier alpha value is -1.02. The average Bonchev–Trinajstić information content (AvgIpc) is 2.33. The van der Waals surface area contributed by atoms with E-state index in [-0.39, 0.29) is 0 Å². The summed E-state index contributed by atoms with van der Waals surface area (Å²) >= 11 is 0. The van der Waals surface area contributed by atoms with E-state index < -0.39 is 0 Å². The Labute approximate surface area is 105 Å². The molecule has 2 heteroatoms. The Balaban J connectivity index is 2.82. The van der Waals surface area contributed by atoms with Gasteiger partial charge in [0.25, 0.3) is 0 Å². The van der Waals surface area contributed by atoms with Gasteiger partial charge >= 0.3 is 0 Å². The summed E-state index contributed by atoms with van der Waals surface area (Å²) in [6.07, 6.45) is 2.21.